The van der Waals surface area contributed by atoms with Gasteiger partial charge in [0.1, 0.15) is 17.5 Å². The number of nitrogen functional groups attached to an aromatic ring is 1. The minimum Gasteiger partial charge on any atom is -0.495 e. The van der Waals surface area contributed by atoms with E-state index < -0.39 is 0 Å². The van der Waals surface area contributed by atoms with Crippen LogP contribution < -0.4 is 15.8 Å². The van der Waals surface area contributed by atoms with Crippen LogP contribution in [0, 0.1) is 18.3 Å². The molecule has 0 aliphatic heterocycles. The zero-order valence-electron chi connectivity index (χ0n) is 11.8. The summed E-state index contributed by atoms with van der Waals surface area (Å²) in [6.45, 7) is 4.50. The number of rotatable bonds is 4. The third kappa shape index (κ3) is 2.26. The molecule has 0 fully saturated rings. The molecule has 0 unspecified atom stereocenters. The van der Waals surface area contributed by atoms with Crippen molar-refractivity contribution >= 4 is 17.2 Å². The Morgan fingerprint density at radius 3 is 2.85 bits per heavy atom. The number of ether oxygens (including phenoxy) is 1. The Morgan fingerprint density at radius 2 is 2.25 bits per heavy atom. The third-order valence-corrected chi connectivity index (χ3v) is 3.08. The number of nitrogens with two attached hydrogens (primary N) is 1. The first-order valence-corrected chi connectivity index (χ1v) is 6.29. The van der Waals surface area contributed by atoms with Gasteiger partial charge in [-0.05, 0) is 26.0 Å². The molecule has 6 heteroatoms. The Labute approximate surface area is 117 Å². The topological polar surface area (TPSA) is 88.9 Å². The van der Waals surface area contributed by atoms with Crippen LogP contribution in [0.1, 0.15) is 18.2 Å². The van der Waals surface area contributed by atoms with E-state index in [9.17, 15) is 5.26 Å². The monoisotopic (exact) mass is 271 g/mol. The number of aryl methyl sites for hydroxylation is 2. The summed E-state index contributed by atoms with van der Waals surface area (Å²) in [5.74, 6) is 1.26. The Hall–Kier alpha value is -2.68. The molecule has 6 nitrogen and oxygen atoms in total. The molecule has 0 amide bonds. The fraction of sp³-hybridized carbons (Fsp3) is 0.286. The molecule has 0 aliphatic carbocycles. The van der Waals surface area contributed by atoms with Crippen LogP contribution in [0.4, 0.5) is 17.2 Å². The third-order valence-electron chi connectivity index (χ3n) is 3.08. The van der Waals surface area contributed by atoms with Crippen molar-refractivity contribution in [2.24, 2.45) is 0 Å². The van der Waals surface area contributed by atoms with Gasteiger partial charge in [0.05, 0.1) is 24.1 Å². The summed E-state index contributed by atoms with van der Waals surface area (Å²) < 4.78 is 7.06. The van der Waals surface area contributed by atoms with E-state index in [1.165, 1.54) is 0 Å². The molecule has 2 aromatic rings. The van der Waals surface area contributed by atoms with Gasteiger partial charge in [0.25, 0.3) is 0 Å². The van der Waals surface area contributed by atoms with E-state index in [0.717, 1.165) is 5.69 Å². The molecular weight excluding hydrogens is 254 g/mol. The minimum absolute atomic E-state index is 0.491. The van der Waals surface area contributed by atoms with Crippen LogP contribution in [-0.4, -0.2) is 16.9 Å². The van der Waals surface area contributed by atoms with Crippen LogP contribution in [0.3, 0.4) is 0 Å². The average Bonchev–Trinajstić information content (AvgIpc) is 2.75. The first-order valence-electron chi connectivity index (χ1n) is 6.29. The zero-order chi connectivity index (χ0) is 14.7. The quantitative estimate of drug-likeness (QED) is 0.891. The van der Waals surface area contributed by atoms with Crippen molar-refractivity contribution in [2.45, 2.75) is 20.4 Å². The maximum absolute atomic E-state index is 9.22. The van der Waals surface area contributed by atoms with E-state index >= 15 is 0 Å². The number of hydrogen-bond donors (Lipinski definition) is 2. The summed E-state index contributed by atoms with van der Waals surface area (Å²) in [5, 5.41) is 16.7. The van der Waals surface area contributed by atoms with E-state index in [0.29, 0.717) is 35.1 Å². The summed E-state index contributed by atoms with van der Waals surface area (Å²) in [5.41, 5.74) is 8.45. The lowest BCUT2D eigenvalue weighted by Crippen LogP contribution is -2.06. The first kappa shape index (κ1) is 13.7. The van der Waals surface area contributed by atoms with Gasteiger partial charge in [-0.1, -0.05) is 6.07 Å². The van der Waals surface area contributed by atoms with Crippen molar-refractivity contribution in [3.8, 4) is 11.8 Å². The molecule has 0 aliphatic rings. The van der Waals surface area contributed by atoms with Crippen molar-refractivity contribution in [1.82, 2.24) is 9.78 Å². The lowest BCUT2D eigenvalue weighted by Gasteiger charge is -2.14. The highest BCUT2D eigenvalue weighted by Crippen LogP contribution is 2.33. The van der Waals surface area contributed by atoms with Gasteiger partial charge >= 0.3 is 0 Å². The second-order valence-corrected chi connectivity index (χ2v) is 4.28. The summed E-state index contributed by atoms with van der Waals surface area (Å²) in [6.07, 6.45) is 0. The predicted octanol–water partition coefficient (Wildman–Crippen LogP) is 2.42. The minimum atomic E-state index is 0.491. The van der Waals surface area contributed by atoms with Crippen LogP contribution in [0.2, 0.25) is 0 Å². The molecule has 1 aromatic carbocycles. The van der Waals surface area contributed by atoms with E-state index in [-0.39, 0.29) is 0 Å². The molecule has 0 radical (unpaired) electrons. The second-order valence-electron chi connectivity index (χ2n) is 4.28. The highest BCUT2D eigenvalue weighted by Gasteiger charge is 2.16. The first-order chi connectivity index (χ1) is 9.62. The molecule has 1 heterocycles. The van der Waals surface area contributed by atoms with Crippen molar-refractivity contribution in [3.63, 3.8) is 0 Å². The standard InChI is InChI=1S/C14H17N5O/c1-4-19-14(12(16)9(2)18-19)17-13-10(8-15)6-5-7-11(13)20-3/h5-7,17H,4,16H2,1-3H3. The smallest absolute Gasteiger partial charge is 0.152 e. The highest BCUT2D eigenvalue weighted by atomic mass is 16.5. The van der Waals surface area contributed by atoms with Gasteiger partial charge in [-0.25, -0.2) is 4.68 Å². The number of para-hydroxylation sites is 1. The molecule has 0 spiro atoms. The van der Waals surface area contributed by atoms with Gasteiger partial charge in [0.15, 0.2) is 5.82 Å². The van der Waals surface area contributed by atoms with E-state index in [4.69, 9.17) is 10.5 Å². The maximum Gasteiger partial charge on any atom is 0.152 e. The van der Waals surface area contributed by atoms with Gasteiger partial charge < -0.3 is 15.8 Å². The molecule has 3 N–H and O–H groups in total. The SMILES string of the molecule is CCn1nc(C)c(N)c1Nc1c(C#N)cccc1OC. The van der Waals surface area contributed by atoms with Gasteiger partial charge in [0, 0.05) is 6.54 Å². The summed E-state index contributed by atoms with van der Waals surface area (Å²) >= 11 is 0. The molecule has 1 aromatic heterocycles. The molecule has 0 atom stereocenters. The molecular formula is C14H17N5O. The molecule has 0 saturated heterocycles. The van der Waals surface area contributed by atoms with Crippen LogP contribution >= 0.6 is 0 Å². The van der Waals surface area contributed by atoms with Crippen molar-refractivity contribution < 1.29 is 4.74 Å². The molecule has 0 saturated carbocycles. The Morgan fingerprint density at radius 1 is 1.50 bits per heavy atom. The fourth-order valence-electron chi connectivity index (χ4n) is 2.00. The van der Waals surface area contributed by atoms with E-state index in [2.05, 4.69) is 16.5 Å². The average molecular weight is 271 g/mol. The van der Waals surface area contributed by atoms with Crippen molar-refractivity contribution in [1.29, 1.82) is 5.26 Å². The van der Waals surface area contributed by atoms with Gasteiger partial charge in [0.2, 0.25) is 0 Å². The normalized spacial score (nSPS) is 10.1. The summed E-state index contributed by atoms with van der Waals surface area (Å²) in [4.78, 5) is 0. The zero-order valence-corrected chi connectivity index (χ0v) is 11.8. The summed E-state index contributed by atoms with van der Waals surface area (Å²) in [7, 11) is 1.56. The number of anilines is 3. The lowest BCUT2D eigenvalue weighted by atomic mass is 10.1. The predicted molar refractivity (Wildman–Crippen MR) is 78.0 cm³/mol. The Bertz CT molecular complexity index is 669. The Kier molecular flexibility index (Phi) is 3.80. The number of nitriles is 1. The number of nitrogens with one attached hydrogen (secondary N) is 1. The number of benzene rings is 1. The molecule has 104 valence electrons. The fourth-order valence-corrected chi connectivity index (χ4v) is 2.00. The van der Waals surface area contributed by atoms with E-state index in [1.54, 1.807) is 30.0 Å². The van der Waals surface area contributed by atoms with E-state index in [1.807, 2.05) is 13.8 Å². The lowest BCUT2D eigenvalue weighted by molar-refractivity contribution is 0.416. The van der Waals surface area contributed by atoms with Crippen LogP contribution in [-0.2, 0) is 6.54 Å². The number of methoxy groups -OCH3 is 1. The van der Waals surface area contributed by atoms with Crippen molar-refractivity contribution in [3.05, 3.63) is 29.5 Å². The Balaban J connectivity index is 2.53. The van der Waals surface area contributed by atoms with Crippen molar-refractivity contribution in [2.75, 3.05) is 18.2 Å². The van der Waals surface area contributed by atoms with Crippen LogP contribution in [0.5, 0.6) is 5.75 Å². The number of nitrogens with zero attached hydrogens (tertiary/aromatic N) is 3. The molecule has 20 heavy (non-hydrogen) atoms. The highest BCUT2D eigenvalue weighted by molar-refractivity contribution is 5.77. The summed E-state index contributed by atoms with van der Waals surface area (Å²) in [6, 6.07) is 7.43. The number of hydrogen-bond acceptors (Lipinski definition) is 5. The second kappa shape index (κ2) is 5.53. The number of aromatic nitrogens is 2. The van der Waals surface area contributed by atoms with Crippen LogP contribution in [0.15, 0.2) is 18.2 Å². The van der Waals surface area contributed by atoms with Crippen LogP contribution in [0.25, 0.3) is 0 Å². The van der Waals surface area contributed by atoms with Gasteiger partial charge in [-0.3, -0.25) is 0 Å². The molecule has 0 bridgehead atoms. The van der Waals surface area contributed by atoms with Gasteiger partial charge in [-0.2, -0.15) is 10.4 Å². The van der Waals surface area contributed by atoms with Gasteiger partial charge in [-0.15, -0.1) is 0 Å². The molecule has 2 rings (SSSR count). The largest absolute Gasteiger partial charge is 0.495 e. The maximum atomic E-state index is 9.22.